The van der Waals surface area contributed by atoms with E-state index < -0.39 is 15.0 Å². The number of anilines is 1. The van der Waals surface area contributed by atoms with Crippen molar-refractivity contribution >= 4 is 21.5 Å². The molecule has 122 valence electrons. The lowest BCUT2D eigenvalue weighted by Crippen LogP contribution is -2.15. The van der Waals surface area contributed by atoms with Gasteiger partial charge in [-0.05, 0) is 25.1 Å². The van der Waals surface area contributed by atoms with E-state index in [9.17, 15) is 18.5 Å². The van der Waals surface area contributed by atoms with E-state index in [1.165, 1.54) is 18.2 Å². The van der Waals surface area contributed by atoms with Gasteiger partial charge < -0.3 is 5.32 Å². The third-order valence-electron chi connectivity index (χ3n) is 3.07. The fourth-order valence-corrected chi connectivity index (χ4v) is 2.80. The number of rotatable bonds is 7. The van der Waals surface area contributed by atoms with E-state index in [2.05, 4.69) is 5.32 Å². The summed E-state index contributed by atoms with van der Waals surface area (Å²) < 4.78 is 28.9. The molecular weight excluding hydrogens is 320 g/mol. The molecule has 2 aromatic rings. The van der Waals surface area contributed by atoms with Gasteiger partial charge in [0.15, 0.2) is 0 Å². The third kappa shape index (κ3) is 4.51. The minimum atomic E-state index is -3.83. The monoisotopic (exact) mass is 336 g/mol. The average molecular weight is 336 g/mol. The van der Waals surface area contributed by atoms with E-state index in [0.29, 0.717) is 5.69 Å². The Balaban J connectivity index is 1.93. The summed E-state index contributed by atoms with van der Waals surface area (Å²) in [4.78, 5) is 10.4. The highest BCUT2D eigenvalue weighted by Gasteiger charge is 2.15. The molecule has 0 bridgehead atoms. The van der Waals surface area contributed by atoms with Gasteiger partial charge in [-0.1, -0.05) is 29.8 Å². The quantitative estimate of drug-likeness (QED) is 0.361. The van der Waals surface area contributed by atoms with Crippen molar-refractivity contribution in [2.75, 3.05) is 18.5 Å². The highest BCUT2D eigenvalue weighted by Crippen LogP contribution is 2.22. The van der Waals surface area contributed by atoms with Crippen LogP contribution in [-0.2, 0) is 14.3 Å². The molecule has 8 heteroatoms. The topological polar surface area (TPSA) is 98.5 Å². The van der Waals surface area contributed by atoms with Crippen molar-refractivity contribution in [3.05, 3.63) is 64.2 Å². The largest absolute Gasteiger partial charge is 0.377 e. The molecule has 7 nitrogen and oxygen atoms in total. The second kappa shape index (κ2) is 7.21. The molecule has 0 heterocycles. The molecule has 0 unspecified atom stereocenters. The number of nitrogens with zero attached hydrogens (tertiary/aromatic N) is 1. The van der Waals surface area contributed by atoms with Crippen LogP contribution >= 0.6 is 0 Å². The van der Waals surface area contributed by atoms with Crippen molar-refractivity contribution in [1.29, 1.82) is 0 Å². The summed E-state index contributed by atoms with van der Waals surface area (Å²) >= 11 is 0. The van der Waals surface area contributed by atoms with Gasteiger partial charge in [0, 0.05) is 12.6 Å². The molecule has 0 aliphatic carbocycles. The number of hydrogen-bond acceptors (Lipinski definition) is 6. The fraction of sp³-hybridized carbons (Fsp3) is 0.200. The molecule has 0 aliphatic heterocycles. The van der Waals surface area contributed by atoms with Crippen LogP contribution in [0.2, 0.25) is 0 Å². The van der Waals surface area contributed by atoms with Crippen LogP contribution < -0.4 is 5.32 Å². The Hall–Kier alpha value is -2.45. The minimum Gasteiger partial charge on any atom is -0.377 e. The van der Waals surface area contributed by atoms with Crippen LogP contribution in [0.3, 0.4) is 0 Å². The first kappa shape index (κ1) is 16.9. The lowest BCUT2D eigenvalue weighted by atomic mass is 10.2. The van der Waals surface area contributed by atoms with Crippen LogP contribution in [0, 0.1) is 17.0 Å². The first-order valence-electron chi connectivity index (χ1n) is 6.83. The van der Waals surface area contributed by atoms with E-state index in [-0.39, 0.29) is 23.7 Å². The highest BCUT2D eigenvalue weighted by molar-refractivity contribution is 7.86. The van der Waals surface area contributed by atoms with Gasteiger partial charge in [-0.3, -0.25) is 14.3 Å². The first-order valence-corrected chi connectivity index (χ1v) is 8.24. The van der Waals surface area contributed by atoms with Crippen LogP contribution in [0.25, 0.3) is 0 Å². The van der Waals surface area contributed by atoms with Crippen molar-refractivity contribution < 1.29 is 17.5 Å². The summed E-state index contributed by atoms with van der Waals surface area (Å²) in [5, 5.41) is 13.7. The van der Waals surface area contributed by atoms with Crippen LogP contribution in [-0.4, -0.2) is 26.5 Å². The number of nitrogens with one attached hydrogen (secondary N) is 1. The summed E-state index contributed by atoms with van der Waals surface area (Å²) in [6, 6.07) is 12.4. The Morgan fingerprint density at radius 2 is 1.78 bits per heavy atom. The molecular formula is C15H16N2O5S. The van der Waals surface area contributed by atoms with Crippen molar-refractivity contribution in [2.45, 2.75) is 11.8 Å². The molecule has 0 aromatic heterocycles. The summed E-state index contributed by atoms with van der Waals surface area (Å²) in [6.07, 6.45) is 0. The van der Waals surface area contributed by atoms with Gasteiger partial charge in [-0.2, -0.15) is 8.42 Å². The Kier molecular flexibility index (Phi) is 5.30. The number of hydrogen-bond donors (Lipinski definition) is 1. The van der Waals surface area contributed by atoms with Crippen LogP contribution in [0.5, 0.6) is 0 Å². The Labute approximate surface area is 134 Å². The molecule has 2 rings (SSSR count). The maximum Gasteiger partial charge on any atom is 0.297 e. The standard InChI is InChI=1S/C15H16N2O5S/c1-12-6-8-13(9-7-12)23(20,21)22-11-10-16-14-4-2-3-5-15(14)17(18)19/h2-9,16H,10-11H2,1H3. The molecule has 0 radical (unpaired) electrons. The number of aryl methyl sites for hydroxylation is 1. The second-order valence-corrected chi connectivity index (χ2v) is 6.41. The lowest BCUT2D eigenvalue weighted by molar-refractivity contribution is -0.384. The smallest absolute Gasteiger partial charge is 0.297 e. The van der Waals surface area contributed by atoms with Crippen LogP contribution in [0.15, 0.2) is 53.4 Å². The second-order valence-electron chi connectivity index (χ2n) is 4.79. The van der Waals surface area contributed by atoms with Crippen molar-refractivity contribution in [3.8, 4) is 0 Å². The van der Waals surface area contributed by atoms with E-state index in [1.54, 1.807) is 30.3 Å². The molecule has 0 atom stereocenters. The molecule has 0 saturated heterocycles. The highest BCUT2D eigenvalue weighted by atomic mass is 32.2. The number of nitro benzene ring substituents is 1. The molecule has 0 spiro atoms. The Morgan fingerprint density at radius 1 is 1.13 bits per heavy atom. The predicted octanol–water partition coefficient (Wildman–Crippen LogP) is 2.72. The molecule has 0 aliphatic rings. The zero-order valence-electron chi connectivity index (χ0n) is 12.4. The fourth-order valence-electron chi connectivity index (χ4n) is 1.89. The molecule has 1 N–H and O–H groups in total. The molecule has 0 amide bonds. The van der Waals surface area contributed by atoms with E-state index in [4.69, 9.17) is 4.18 Å². The van der Waals surface area contributed by atoms with Gasteiger partial charge in [0.05, 0.1) is 16.4 Å². The zero-order valence-corrected chi connectivity index (χ0v) is 13.2. The lowest BCUT2D eigenvalue weighted by Gasteiger charge is -2.08. The van der Waals surface area contributed by atoms with E-state index in [1.807, 2.05) is 6.92 Å². The van der Waals surface area contributed by atoms with Gasteiger partial charge >= 0.3 is 0 Å². The summed E-state index contributed by atoms with van der Waals surface area (Å²) in [5.41, 5.74) is 1.18. The first-order chi connectivity index (χ1) is 10.9. The SMILES string of the molecule is Cc1ccc(S(=O)(=O)OCCNc2ccccc2[N+](=O)[O-])cc1. The molecule has 23 heavy (non-hydrogen) atoms. The summed E-state index contributed by atoms with van der Waals surface area (Å²) in [5.74, 6) is 0. The van der Waals surface area contributed by atoms with Gasteiger partial charge in [-0.15, -0.1) is 0 Å². The van der Waals surface area contributed by atoms with Gasteiger partial charge in [0.2, 0.25) is 0 Å². The number of para-hydroxylation sites is 2. The molecule has 0 fully saturated rings. The van der Waals surface area contributed by atoms with Gasteiger partial charge in [0.25, 0.3) is 15.8 Å². The third-order valence-corrected chi connectivity index (χ3v) is 4.39. The maximum absolute atomic E-state index is 12.0. The summed E-state index contributed by atoms with van der Waals surface area (Å²) in [6.45, 7) is 1.84. The van der Waals surface area contributed by atoms with Crippen LogP contribution in [0.1, 0.15) is 5.56 Å². The minimum absolute atomic E-state index is 0.0751. The average Bonchev–Trinajstić information content (AvgIpc) is 2.52. The zero-order chi connectivity index (χ0) is 16.9. The number of nitro groups is 1. The normalized spacial score (nSPS) is 11.2. The summed E-state index contributed by atoms with van der Waals surface area (Å²) in [7, 11) is -3.83. The van der Waals surface area contributed by atoms with Gasteiger partial charge in [-0.25, -0.2) is 0 Å². The van der Waals surface area contributed by atoms with Crippen molar-refractivity contribution in [2.24, 2.45) is 0 Å². The van der Waals surface area contributed by atoms with Crippen molar-refractivity contribution in [1.82, 2.24) is 0 Å². The van der Waals surface area contributed by atoms with E-state index >= 15 is 0 Å². The van der Waals surface area contributed by atoms with E-state index in [0.717, 1.165) is 5.56 Å². The van der Waals surface area contributed by atoms with Crippen LogP contribution in [0.4, 0.5) is 11.4 Å². The van der Waals surface area contributed by atoms with Gasteiger partial charge in [0.1, 0.15) is 5.69 Å². The molecule has 2 aromatic carbocycles. The van der Waals surface area contributed by atoms with Crippen molar-refractivity contribution in [3.63, 3.8) is 0 Å². The predicted molar refractivity (Wildman–Crippen MR) is 85.9 cm³/mol. The Bertz CT molecular complexity index is 788. The Morgan fingerprint density at radius 3 is 2.43 bits per heavy atom. The maximum atomic E-state index is 12.0. The number of benzene rings is 2. The molecule has 0 saturated carbocycles.